The Morgan fingerprint density at radius 1 is 1.19 bits per heavy atom. The Labute approximate surface area is 184 Å². The van der Waals surface area contributed by atoms with E-state index < -0.39 is 35.3 Å². The molecule has 0 atom stereocenters. The van der Waals surface area contributed by atoms with Gasteiger partial charge in [-0.3, -0.25) is 19.3 Å². The molecule has 3 amide bonds. The number of nitrogens with one attached hydrogen (secondary N) is 1. The molecule has 0 saturated carbocycles. The molecule has 0 aromatic heterocycles. The van der Waals surface area contributed by atoms with Gasteiger partial charge in [-0.05, 0) is 53.7 Å². The van der Waals surface area contributed by atoms with Gasteiger partial charge < -0.3 is 10.1 Å². The van der Waals surface area contributed by atoms with Crippen LogP contribution < -0.4 is 10.1 Å². The Hall–Kier alpha value is -2.98. The number of rotatable bonds is 5. The average Bonchev–Trinajstić information content (AvgIpc) is 2.95. The van der Waals surface area contributed by atoms with Crippen molar-refractivity contribution < 1.29 is 32.3 Å². The van der Waals surface area contributed by atoms with E-state index in [2.05, 4.69) is 5.32 Å². The number of halogens is 4. The van der Waals surface area contributed by atoms with Crippen molar-refractivity contribution in [3.8, 4) is 5.75 Å². The van der Waals surface area contributed by atoms with E-state index in [1.165, 1.54) is 31.4 Å². The molecule has 1 aliphatic heterocycles. The second-order valence-electron chi connectivity index (χ2n) is 6.29. The van der Waals surface area contributed by atoms with Gasteiger partial charge in [0, 0.05) is 5.69 Å². The fourth-order valence-corrected chi connectivity index (χ4v) is 3.74. The molecular weight excluding hydrogens is 457 g/mol. The molecule has 0 bridgehead atoms. The standard InChI is InChI=1S/C20H14ClF3N2O4S/c1-30-15-7-6-13(9-14(15)21)25-17(27)10-26-18(28)16(31-19(26)29)8-11-2-4-12(5-3-11)20(22,23)24/h2-9H,10H2,1H3,(H,25,27)/b16-8-. The van der Waals surface area contributed by atoms with Crippen LogP contribution in [0.2, 0.25) is 5.02 Å². The molecule has 0 radical (unpaired) electrons. The summed E-state index contributed by atoms with van der Waals surface area (Å²) < 4.78 is 43.0. The number of hydrogen-bond acceptors (Lipinski definition) is 5. The van der Waals surface area contributed by atoms with E-state index in [0.29, 0.717) is 28.8 Å². The lowest BCUT2D eigenvalue weighted by Crippen LogP contribution is -2.36. The first-order chi connectivity index (χ1) is 14.6. The highest BCUT2D eigenvalue weighted by atomic mass is 35.5. The number of benzene rings is 2. The van der Waals surface area contributed by atoms with Gasteiger partial charge in [0.15, 0.2) is 0 Å². The highest BCUT2D eigenvalue weighted by molar-refractivity contribution is 8.18. The van der Waals surface area contributed by atoms with E-state index in [0.717, 1.165) is 17.0 Å². The van der Waals surface area contributed by atoms with Crippen LogP contribution in [0.4, 0.5) is 23.7 Å². The third kappa shape index (κ3) is 5.39. The zero-order valence-corrected chi connectivity index (χ0v) is 17.4. The number of hydrogen-bond donors (Lipinski definition) is 1. The van der Waals surface area contributed by atoms with E-state index in [4.69, 9.17) is 16.3 Å². The fraction of sp³-hybridized carbons (Fsp3) is 0.150. The zero-order valence-electron chi connectivity index (χ0n) is 15.8. The summed E-state index contributed by atoms with van der Waals surface area (Å²) >= 11 is 6.59. The van der Waals surface area contributed by atoms with Gasteiger partial charge in [0.2, 0.25) is 5.91 Å². The molecule has 6 nitrogen and oxygen atoms in total. The molecule has 1 saturated heterocycles. The summed E-state index contributed by atoms with van der Waals surface area (Å²) in [6, 6.07) is 8.68. The quantitative estimate of drug-likeness (QED) is 0.619. The molecule has 1 N–H and O–H groups in total. The van der Waals surface area contributed by atoms with Crippen LogP contribution in [-0.4, -0.2) is 35.6 Å². The second kappa shape index (κ2) is 9.03. The summed E-state index contributed by atoms with van der Waals surface area (Å²) in [6.45, 7) is -0.529. The molecule has 2 aromatic rings. The van der Waals surface area contributed by atoms with Crippen molar-refractivity contribution in [2.75, 3.05) is 19.0 Å². The lowest BCUT2D eigenvalue weighted by molar-refractivity contribution is -0.137. The maximum atomic E-state index is 12.7. The monoisotopic (exact) mass is 470 g/mol. The highest BCUT2D eigenvalue weighted by Crippen LogP contribution is 2.34. The first-order valence-corrected chi connectivity index (χ1v) is 9.84. The Kier molecular flexibility index (Phi) is 6.61. The molecular formula is C20H14ClF3N2O4S. The highest BCUT2D eigenvalue weighted by Gasteiger charge is 2.36. The van der Waals surface area contributed by atoms with Crippen molar-refractivity contribution >= 4 is 52.2 Å². The lowest BCUT2D eigenvalue weighted by Gasteiger charge is -2.13. The Morgan fingerprint density at radius 2 is 1.87 bits per heavy atom. The van der Waals surface area contributed by atoms with E-state index in [9.17, 15) is 27.6 Å². The summed E-state index contributed by atoms with van der Waals surface area (Å²) in [5, 5.41) is 2.13. The van der Waals surface area contributed by atoms with E-state index in [-0.39, 0.29) is 9.93 Å². The smallest absolute Gasteiger partial charge is 0.416 e. The van der Waals surface area contributed by atoms with Gasteiger partial charge in [-0.15, -0.1) is 0 Å². The molecule has 3 rings (SSSR count). The van der Waals surface area contributed by atoms with Crippen LogP contribution in [0.5, 0.6) is 5.75 Å². The van der Waals surface area contributed by atoms with Crippen LogP contribution in [0.15, 0.2) is 47.4 Å². The number of imide groups is 1. The van der Waals surface area contributed by atoms with Crippen molar-refractivity contribution in [1.29, 1.82) is 0 Å². The molecule has 162 valence electrons. The van der Waals surface area contributed by atoms with Crippen molar-refractivity contribution in [1.82, 2.24) is 4.90 Å². The third-order valence-electron chi connectivity index (χ3n) is 4.15. The van der Waals surface area contributed by atoms with Crippen molar-refractivity contribution in [2.24, 2.45) is 0 Å². The van der Waals surface area contributed by atoms with Crippen LogP contribution in [0.25, 0.3) is 6.08 Å². The molecule has 2 aromatic carbocycles. The van der Waals surface area contributed by atoms with Crippen molar-refractivity contribution in [3.05, 3.63) is 63.5 Å². The number of thioether (sulfide) groups is 1. The number of carbonyl (C=O) groups is 3. The fourth-order valence-electron chi connectivity index (χ4n) is 2.64. The molecule has 0 aliphatic carbocycles. The maximum Gasteiger partial charge on any atom is 0.416 e. The second-order valence-corrected chi connectivity index (χ2v) is 7.69. The van der Waals surface area contributed by atoms with Gasteiger partial charge >= 0.3 is 6.18 Å². The Morgan fingerprint density at radius 3 is 2.45 bits per heavy atom. The predicted molar refractivity (Wildman–Crippen MR) is 111 cm³/mol. The molecule has 1 fully saturated rings. The molecule has 0 unspecified atom stereocenters. The van der Waals surface area contributed by atoms with Gasteiger partial charge in [0.05, 0.1) is 22.6 Å². The van der Waals surface area contributed by atoms with Gasteiger partial charge in [0.1, 0.15) is 12.3 Å². The van der Waals surface area contributed by atoms with Crippen LogP contribution in [0.1, 0.15) is 11.1 Å². The van der Waals surface area contributed by atoms with Gasteiger partial charge in [-0.1, -0.05) is 23.7 Å². The minimum absolute atomic E-state index is 0.00468. The minimum Gasteiger partial charge on any atom is -0.495 e. The van der Waals surface area contributed by atoms with Gasteiger partial charge in [-0.2, -0.15) is 13.2 Å². The first kappa shape index (κ1) is 22.7. The van der Waals surface area contributed by atoms with Crippen molar-refractivity contribution in [2.45, 2.75) is 6.18 Å². The first-order valence-electron chi connectivity index (χ1n) is 8.64. The topological polar surface area (TPSA) is 75.7 Å². The minimum atomic E-state index is -4.47. The Balaban J connectivity index is 1.67. The van der Waals surface area contributed by atoms with Crippen LogP contribution in [0, 0.1) is 0 Å². The summed E-state index contributed by atoms with van der Waals surface area (Å²) in [5.41, 5.74) is -0.160. The van der Waals surface area contributed by atoms with E-state index >= 15 is 0 Å². The van der Waals surface area contributed by atoms with Crippen LogP contribution in [0.3, 0.4) is 0 Å². The van der Waals surface area contributed by atoms with Crippen LogP contribution in [-0.2, 0) is 15.8 Å². The summed E-state index contributed by atoms with van der Waals surface area (Å²) in [4.78, 5) is 37.7. The summed E-state index contributed by atoms with van der Waals surface area (Å²) in [6.07, 6.45) is -3.18. The molecule has 1 heterocycles. The number of alkyl halides is 3. The zero-order chi connectivity index (χ0) is 22.8. The molecule has 0 spiro atoms. The Bertz CT molecular complexity index is 1070. The average molecular weight is 471 g/mol. The number of amides is 3. The van der Waals surface area contributed by atoms with Gasteiger partial charge in [0.25, 0.3) is 11.1 Å². The normalized spacial score (nSPS) is 15.5. The number of carbonyl (C=O) groups excluding carboxylic acids is 3. The van der Waals surface area contributed by atoms with Gasteiger partial charge in [-0.25, -0.2) is 0 Å². The number of ether oxygens (including phenoxy) is 1. The third-order valence-corrected chi connectivity index (χ3v) is 5.35. The molecule has 1 aliphatic rings. The lowest BCUT2D eigenvalue weighted by atomic mass is 10.1. The number of nitrogens with zero attached hydrogens (tertiary/aromatic N) is 1. The summed E-state index contributed by atoms with van der Waals surface area (Å²) in [5.74, 6) is -0.920. The predicted octanol–water partition coefficient (Wildman–Crippen LogP) is 5.04. The maximum absolute atomic E-state index is 12.7. The molecule has 31 heavy (non-hydrogen) atoms. The van der Waals surface area contributed by atoms with Crippen LogP contribution >= 0.6 is 23.4 Å². The number of methoxy groups -OCH3 is 1. The number of anilines is 1. The van der Waals surface area contributed by atoms with Crippen molar-refractivity contribution in [3.63, 3.8) is 0 Å². The summed E-state index contributed by atoms with van der Waals surface area (Å²) in [7, 11) is 1.44. The molecule has 11 heteroatoms. The SMILES string of the molecule is COc1ccc(NC(=O)CN2C(=O)S/C(=C\c3ccc(C(F)(F)F)cc3)C2=O)cc1Cl. The van der Waals surface area contributed by atoms with E-state index in [1.807, 2.05) is 0 Å². The largest absolute Gasteiger partial charge is 0.495 e. The van der Waals surface area contributed by atoms with E-state index in [1.54, 1.807) is 12.1 Å².